The van der Waals surface area contributed by atoms with E-state index in [1.807, 2.05) is 65.2 Å². The number of fused-ring (bicyclic) bond motifs is 3. The van der Waals surface area contributed by atoms with E-state index in [0.29, 0.717) is 18.0 Å². The maximum atomic E-state index is 13.1. The smallest absolute Gasteiger partial charge is 0.327 e. The molecule has 1 aliphatic rings. The fraction of sp³-hybridized carbons (Fsp3) is 0.190. The molecule has 1 aliphatic heterocycles. The second-order valence-electron chi connectivity index (χ2n) is 6.26. The molecule has 2 aromatic carbocycles. The van der Waals surface area contributed by atoms with Gasteiger partial charge in [0.2, 0.25) is 0 Å². The van der Waals surface area contributed by atoms with Crippen LogP contribution in [-0.4, -0.2) is 40.3 Å². The van der Waals surface area contributed by atoms with Crippen molar-refractivity contribution in [2.45, 2.75) is 13.5 Å². The second kappa shape index (κ2) is 7.07. The van der Waals surface area contributed by atoms with Crippen LogP contribution in [0.5, 0.6) is 0 Å². The summed E-state index contributed by atoms with van der Waals surface area (Å²) in [6.45, 7) is 2.22. The van der Waals surface area contributed by atoms with Crippen LogP contribution >= 0.6 is 0 Å². The molecule has 2 heterocycles. The van der Waals surface area contributed by atoms with E-state index >= 15 is 0 Å². The van der Waals surface area contributed by atoms with Crippen LogP contribution < -0.4 is 0 Å². The predicted octanol–water partition coefficient (Wildman–Crippen LogP) is 3.06. The fourth-order valence-electron chi connectivity index (χ4n) is 3.28. The van der Waals surface area contributed by atoms with Gasteiger partial charge in [-0.25, -0.2) is 5.01 Å². The third-order valence-corrected chi connectivity index (χ3v) is 4.50. The molecule has 27 heavy (non-hydrogen) atoms. The summed E-state index contributed by atoms with van der Waals surface area (Å²) in [6.07, 6.45) is 0. The Hall–Kier alpha value is -3.41. The minimum atomic E-state index is -0.480. The normalized spacial score (nSPS) is 13.9. The number of carbonyl (C=O) groups excluding carboxylic acids is 2. The van der Waals surface area contributed by atoms with E-state index in [4.69, 9.17) is 4.74 Å². The molecule has 0 N–H and O–H groups in total. The number of benzene rings is 2. The first kappa shape index (κ1) is 17.0. The summed E-state index contributed by atoms with van der Waals surface area (Å²) >= 11 is 0. The Kier molecular flexibility index (Phi) is 4.46. The Balaban J connectivity index is 1.84. The molecule has 0 aliphatic carbocycles. The number of hydrogen-bond acceptors (Lipinski definition) is 4. The van der Waals surface area contributed by atoms with Crippen molar-refractivity contribution in [3.8, 4) is 0 Å². The minimum Gasteiger partial charge on any atom is -0.465 e. The number of carbonyl (C=O) groups is 2. The molecule has 6 nitrogen and oxygen atoms in total. The Morgan fingerprint density at radius 3 is 2.63 bits per heavy atom. The molecule has 136 valence electrons. The third-order valence-electron chi connectivity index (χ3n) is 4.50. The lowest BCUT2D eigenvalue weighted by Gasteiger charge is -2.15. The lowest BCUT2D eigenvalue weighted by atomic mass is 10.1. The SMILES string of the molecule is CCOC(=O)CN1N=C(c2ccccc2)Cn2c(cc3ccccc32)C1=O. The van der Waals surface area contributed by atoms with Crippen molar-refractivity contribution in [1.29, 1.82) is 0 Å². The molecule has 0 radical (unpaired) electrons. The van der Waals surface area contributed by atoms with E-state index in [1.165, 1.54) is 5.01 Å². The highest BCUT2D eigenvalue weighted by Crippen LogP contribution is 2.24. The maximum absolute atomic E-state index is 13.1. The number of amides is 1. The highest BCUT2D eigenvalue weighted by atomic mass is 16.5. The van der Waals surface area contributed by atoms with E-state index in [-0.39, 0.29) is 19.1 Å². The molecule has 0 saturated carbocycles. The Labute approximate surface area is 156 Å². The van der Waals surface area contributed by atoms with Gasteiger partial charge in [0.25, 0.3) is 5.91 Å². The van der Waals surface area contributed by atoms with Gasteiger partial charge in [0.1, 0.15) is 12.2 Å². The standard InChI is InChI=1S/C21H19N3O3/c1-2-27-20(25)14-24-21(26)19-12-16-10-6-7-11-18(16)23(19)13-17(22-24)15-8-4-3-5-9-15/h3-12H,2,13-14H2,1H3. The molecule has 6 heteroatoms. The van der Waals surface area contributed by atoms with Gasteiger partial charge in [0.15, 0.2) is 0 Å². The number of ether oxygens (including phenoxy) is 1. The van der Waals surface area contributed by atoms with Gasteiger partial charge < -0.3 is 9.30 Å². The lowest BCUT2D eigenvalue weighted by Crippen LogP contribution is -2.32. The van der Waals surface area contributed by atoms with Crippen LogP contribution in [0, 0.1) is 0 Å². The highest BCUT2D eigenvalue weighted by molar-refractivity contribution is 6.07. The number of esters is 1. The van der Waals surface area contributed by atoms with Gasteiger partial charge >= 0.3 is 5.97 Å². The first-order valence-electron chi connectivity index (χ1n) is 8.86. The molecule has 0 bridgehead atoms. The summed E-state index contributed by atoms with van der Waals surface area (Å²) < 4.78 is 6.97. The second-order valence-corrected chi connectivity index (χ2v) is 6.26. The quantitative estimate of drug-likeness (QED) is 0.671. The van der Waals surface area contributed by atoms with Gasteiger partial charge in [-0.15, -0.1) is 0 Å². The molecule has 0 saturated heterocycles. The van der Waals surface area contributed by atoms with Gasteiger partial charge in [-0.05, 0) is 24.6 Å². The summed E-state index contributed by atoms with van der Waals surface area (Å²) in [4.78, 5) is 25.1. The zero-order valence-corrected chi connectivity index (χ0v) is 15.0. The number of aromatic nitrogens is 1. The molecule has 1 amide bonds. The van der Waals surface area contributed by atoms with Gasteiger partial charge in [-0.2, -0.15) is 5.10 Å². The molecular formula is C21H19N3O3. The van der Waals surface area contributed by atoms with Crippen molar-refractivity contribution in [2.75, 3.05) is 13.2 Å². The number of para-hydroxylation sites is 1. The number of rotatable bonds is 4. The first-order valence-corrected chi connectivity index (χ1v) is 8.86. The van der Waals surface area contributed by atoms with Crippen molar-refractivity contribution >= 4 is 28.5 Å². The monoisotopic (exact) mass is 361 g/mol. The van der Waals surface area contributed by atoms with Crippen LogP contribution in [0.15, 0.2) is 65.8 Å². The van der Waals surface area contributed by atoms with Gasteiger partial charge in [-0.1, -0.05) is 48.5 Å². The van der Waals surface area contributed by atoms with Crippen LogP contribution in [0.2, 0.25) is 0 Å². The van der Waals surface area contributed by atoms with Crippen LogP contribution in [0.1, 0.15) is 23.0 Å². The van der Waals surface area contributed by atoms with Crippen LogP contribution in [0.25, 0.3) is 10.9 Å². The summed E-state index contributed by atoms with van der Waals surface area (Å²) in [5, 5.41) is 6.71. The zero-order chi connectivity index (χ0) is 18.8. The summed E-state index contributed by atoms with van der Waals surface area (Å²) in [5.41, 5.74) is 3.09. The Morgan fingerprint density at radius 2 is 1.85 bits per heavy atom. The average molecular weight is 361 g/mol. The van der Waals surface area contributed by atoms with E-state index < -0.39 is 5.97 Å². The molecule has 3 aromatic rings. The third kappa shape index (κ3) is 3.21. The maximum Gasteiger partial charge on any atom is 0.327 e. The lowest BCUT2D eigenvalue weighted by molar-refractivity contribution is -0.143. The average Bonchev–Trinajstić information content (AvgIpc) is 2.99. The Bertz CT molecular complexity index is 1040. The van der Waals surface area contributed by atoms with Crippen molar-refractivity contribution < 1.29 is 14.3 Å². The van der Waals surface area contributed by atoms with E-state index in [2.05, 4.69) is 5.10 Å². The molecule has 0 unspecified atom stereocenters. The van der Waals surface area contributed by atoms with Crippen molar-refractivity contribution in [3.05, 3.63) is 71.9 Å². The number of hydrazone groups is 1. The van der Waals surface area contributed by atoms with Crippen LogP contribution in [-0.2, 0) is 16.1 Å². The van der Waals surface area contributed by atoms with Crippen molar-refractivity contribution in [3.63, 3.8) is 0 Å². The summed E-state index contributed by atoms with van der Waals surface area (Å²) in [5.74, 6) is -0.795. The van der Waals surface area contributed by atoms with Gasteiger partial charge in [0.05, 0.1) is 18.9 Å². The number of hydrogen-bond donors (Lipinski definition) is 0. The Morgan fingerprint density at radius 1 is 1.11 bits per heavy atom. The van der Waals surface area contributed by atoms with Gasteiger partial charge in [0, 0.05) is 10.9 Å². The molecule has 0 spiro atoms. The minimum absolute atomic E-state index is 0.218. The topological polar surface area (TPSA) is 63.9 Å². The molecule has 4 rings (SSSR count). The van der Waals surface area contributed by atoms with E-state index in [9.17, 15) is 9.59 Å². The molecule has 0 atom stereocenters. The zero-order valence-electron chi connectivity index (χ0n) is 15.0. The summed E-state index contributed by atoms with van der Waals surface area (Å²) in [7, 11) is 0. The van der Waals surface area contributed by atoms with Crippen LogP contribution in [0.4, 0.5) is 0 Å². The summed E-state index contributed by atoms with van der Waals surface area (Å²) in [6, 6.07) is 19.4. The van der Waals surface area contributed by atoms with E-state index in [1.54, 1.807) is 6.92 Å². The first-order chi connectivity index (χ1) is 13.2. The fourth-order valence-corrected chi connectivity index (χ4v) is 3.28. The number of nitrogens with zero attached hydrogens (tertiary/aromatic N) is 3. The van der Waals surface area contributed by atoms with Crippen molar-refractivity contribution in [2.24, 2.45) is 5.10 Å². The molecule has 0 fully saturated rings. The highest BCUT2D eigenvalue weighted by Gasteiger charge is 2.28. The van der Waals surface area contributed by atoms with Crippen molar-refractivity contribution in [1.82, 2.24) is 9.58 Å². The molecule has 1 aromatic heterocycles. The van der Waals surface area contributed by atoms with Gasteiger partial charge in [-0.3, -0.25) is 9.59 Å². The van der Waals surface area contributed by atoms with E-state index in [0.717, 1.165) is 16.5 Å². The van der Waals surface area contributed by atoms with Crippen LogP contribution in [0.3, 0.4) is 0 Å². The molecular weight excluding hydrogens is 342 g/mol. The largest absolute Gasteiger partial charge is 0.465 e. The predicted molar refractivity (Wildman–Crippen MR) is 103 cm³/mol.